The van der Waals surface area contributed by atoms with E-state index < -0.39 is 20.1 Å². The highest BCUT2D eigenvalue weighted by molar-refractivity contribution is 7.90. The molecule has 0 saturated heterocycles. The number of nitrogens with zero attached hydrogens (tertiary/aromatic N) is 3. The van der Waals surface area contributed by atoms with Gasteiger partial charge in [0.05, 0.1) is 28.7 Å². The highest BCUT2D eigenvalue weighted by Crippen LogP contribution is 2.22. The van der Waals surface area contributed by atoms with Crippen molar-refractivity contribution in [2.45, 2.75) is 4.90 Å². The molecule has 4 aromatic rings. The number of hydrogen-bond acceptors (Lipinski definition) is 7. The van der Waals surface area contributed by atoms with Crippen molar-refractivity contribution in [3.05, 3.63) is 91.0 Å². The molecule has 11 nitrogen and oxygen atoms in total. The number of nitrogens with one attached hydrogen (secondary N) is 1. The molecule has 0 atom stereocenters. The van der Waals surface area contributed by atoms with Crippen LogP contribution in [-0.2, 0) is 32.0 Å². The lowest BCUT2D eigenvalue weighted by Crippen LogP contribution is -2.10. The van der Waals surface area contributed by atoms with Crippen LogP contribution in [0.4, 0.5) is 11.4 Å². The standard InChI is InChI=1S/C23H21N5O3S.CH4O3S/c1-27-16-19(14-25-27)18-7-9-20(10-8-18)32(30,31)28-13-12-17(15-28)6-11-23(29)26-22-5-3-2-4-21(22)24;1-5(2,3)4/h2-16H,24H2,1H3,(H,26,29);1H3,(H,2,3,4)/b11-6+;. The number of nitrogen functional groups attached to an aromatic ring is 1. The number of rotatable bonds is 6. The molecule has 4 rings (SSSR count). The summed E-state index contributed by atoms with van der Waals surface area (Å²) in [6.45, 7) is 0. The topological polar surface area (TPSA) is 166 Å². The van der Waals surface area contributed by atoms with Crippen LogP contribution in [-0.4, -0.2) is 47.3 Å². The van der Waals surface area contributed by atoms with E-state index in [4.69, 9.17) is 10.3 Å². The van der Waals surface area contributed by atoms with E-state index >= 15 is 0 Å². The Hall–Kier alpha value is -4.20. The Kier molecular flexibility index (Phi) is 8.32. The second-order valence-corrected chi connectivity index (χ2v) is 11.2. The van der Waals surface area contributed by atoms with Crippen molar-refractivity contribution in [2.75, 3.05) is 17.3 Å². The van der Waals surface area contributed by atoms with E-state index in [0.29, 0.717) is 23.2 Å². The highest BCUT2D eigenvalue weighted by atomic mass is 32.2. The van der Waals surface area contributed by atoms with Crippen molar-refractivity contribution in [1.29, 1.82) is 0 Å². The summed E-state index contributed by atoms with van der Waals surface area (Å²) in [6, 6.07) is 15.2. The molecular weight excluding hydrogens is 518 g/mol. The predicted octanol–water partition coefficient (Wildman–Crippen LogP) is 2.86. The second-order valence-electron chi connectivity index (χ2n) is 7.85. The summed E-state index contributed by atoms with van der Waals surface area (Å²) in [7, 11) is -5.61. The van der Waals surface area contributed by atoms with E-state index in [0.717, 1.165) is 15.1 Å². The van der Waals surface area contributed by atoms with Crippen LogP contribution in [0.15, 0.2) is 90.4 Å². The molecule has 13 heteroatoms. The molecule has 0 bridgehead atoms. The predicted molar refractivity (Wildman–Crippen MR) is 142 cm³/mol. The van der Waals surface area contributed by atoms with Crippen molar-refractivity contribution < 1.29 is 26.2 Å². The van der Waals surface area contributed by atoms with Crippen LogP contribution in [0.25, 0.3) is 17.2 Å². The molecule has 0 aliphatic carbocycles. The summed E-state index contributed by atoms with van der Waals surface area (Å²) in [5.41, 5.74) is 9.13. The Morgan fingerprint density at radius 1 is 1.00 bits per heavy atom. The number of aryl methyl sites for hydroxylation is 1. The van der Waals surface area contributed by atoms with Crippen LogP contribution < -0.4 is 11.1 Å². The highest BCUT2D eigenvalue weighted by Gasteiger charge is 2.16. The van der Waals surface area contributed by atoms with Crippen molar-refractivity contribution in [3.63, 3.8) is 0 Å². The number of anilines is 2. The summed E-state index contributed by atoms with van der Waals surface area (Å²) in [6.07, 6.45) is 10.0. The lowest BCUT2D eigenvalue weighted by Gasteiger charge is -2.06. The summed E-state index contributed by atoms with van der Waals surface area (Å²) in [5, 5.41) is 6.81. The smallest absolute Gasteiger partial charge is 0.267 e. The number of carbonyl (C=O) groups excluding carboxylic acids is 1. The van der Waals surface area contributed by atoms with E-state index in [2.05, 4.69) is 10.4 Å². The van der Waals surface area contributed by atoms with Crippen LogP contribution in [0.3, 0.4) is 0 Å². The minimum absolute atomic E-state index is 0.161. The van der Waals surface area contributed by atoms with Crippen molar-refractivity contribution in [1.82, 2.24) is 13.8 Å². The molecule has 2 aromatic heterocycles. The van der Waals surface area contributed by atoms with Crippen molar-refractivity contribution >= 4 is 43.5 Å². The van der Waals surface area contributed by atoms with Gasteiger partial charge in [0.15, 0.2) is 0 Å². The lowest BCUT2D eigenvalue weighted by molar-refractivity contribution is -0.111. The van der Waals surface area contributed by atoms with Gasteiger partial charge in [-0.05, 0) is 47.5 Å². The summed E-state index contributed by atoms with van der Waals surface area (Å²) in [4.78, 5) is 12.3. The average molecular weight is 544 g/mol. The number of benzene rings is 2. The molecule has 0 unspecified atom stereocenters. The lowest BCUT2D eigenvalue weighted by atomic mass is 10.1. The zero-order chi connectivity index (χ0) is 27.2. The first-order valence-electron chi connectivity index (χ1n) is 10.6. The van der Waals surface area contributed by atoms with E-state index in [1.165, 1.54) is 24.5 Å². The maximum Gasteiger partial charge on any atom is 0.267 e. The Morgan fingerprint density at radius 3 is 2.24 bits per heavy atom. The average Bonchev–Trinajstić information content (AvgIpc) is 3.48. The van der Waals surface area contributed by atoms with Gasteiger partial charge in [-0.25, -0.2) is 12.4 Å². The molecule has 0 radical (unpaired) electrons. The van der Waals surface area contributed by atoms with Gasteiger partial charge in [0.2, 0.25) is 5.91 Å². The molecule has 194 valence electrons. The number of nitrogens with two attached hydrogens (primary N) is 1. The Bertz CT molecular complexity index is 1630. The number of carbonyl (C=O) groups is 1. The Balaban J connectivity index is 0.000000695. The molecule has 2 heterocycles. The monoisotopic (exact) mass is 543 g/mol. The molecule has 37 heavy (non-hydrogen) atoms. The van der Waals surface area contributed by atoms with Crippen LogP contribution in [0.2, 0.25) is 0 Å². The molecular formula is C24H25N5O6S2. The first kappa shape index (κ1) is 27.4. The third-order valence-electron chi connectivity index (χ3n) is 4.80. The SMILES string of the molecule is CS(=O)(=O)O.Cn1cc(-c2ccc(S(=O)(=O)n3ccc(/C=C/C(=O)Nc4ccccc4N)c3)cc2)cn1. The third-order valence-corrected chi connectivity index (χ3v) is 6.45. The Labute approximate surface area is 214 Å². The van der Waals surface area contributed by atoms with Gasteiger partial charge in [-0.1, -0.05) is 24.3 Å². The number of hydrogen-bond donors (Lipinski definition) is 3. The minimum Gasteiger partial charge on any atom is -0.397 e. The minimum atomic E-state index is -3.76. The molecule has 0 aliphatic rings. The zero-order valence-electron chi connectivity index (χ0n) is 19.9. The molecule has 0 spiro atoms. The van der Waals surface area contributed by atoms with Gasteiger partial charge < -0.3 is 11.1 Å². The molecule has 0 fully saturated rings. The van der Waals surface area contributed by atoms with E-state index in [9.17, 15) is 21.6 Å². The van der Waals surface area contributed by atoms with Crippen LogP contribution >= 0.6 is 0 Å². The Morgan fingerprint density at radius 2 is 1.65 bits per heavy atom. The van der Waals surface area contributed by atoms with Crippen molar-refractivity contribution in [2.24, 2.45) is 7.05 Å². The van der Waals surface area contributed by atoms with E-state index in [1.807, 2.05) is 13.2 Å². The van der Waals surface area contributed by atoms with Gasteiger partial charge in [0.25, 0.3) is 20.1 Å². The molecule has 4 N–H and O–H groups in total. The fraction of sp³-hybridized carbons (Fsp3) is 0.0833. The van der Waals surface area contributed by atoms with Crippen molar-refractivity contribution in [3.8, 4) is 11.1 Å². The largest absolute Gasteiger partial charge is 0.397 e. The van der Waals surface area contributed by atoms with Gasteiger partial charge in [0.1, 0.15) is 0 Å². The number of amides is 1. The van der Waals surface area contributed by atoms with Gasteiger partial charge >= 0.3 is 0 Å². The molecule has 0 saturated carbocycles. The van der Waals surface area contributed by atoms with Gasteiger partial charge in [-0.2, -0.15) is 13.5 Å². The molecule has 2 aromatic carbocycles. The fourth-order valence-corrected chi connectivity index (χ4v) is 4.31. The normalized spacial score (nSPS) is 11.6. The van der Waals surface area contributed by atoms with Gasteiger partial charge in [-0.15, -0.1) is 0 Å². The maximum absolute atomic E-state index is 12.9. The summed E-state index contributed by atoms with van der Waals surface area (Å²) < 4.78 is 54.6. The maximum atomic E-state index is 12.9. The zero-order valence-corrected chi connectivity index (χ0v) is 21.5. The van der Waals surface area contributed by atoms with E-state index in [-0.39, 0.29) is 10.8 Å². The summed E-state index contributed by atoms with van der Waals surface area (Å²) in [5.74, 6) is -0.371. The van der Waals surface area contributed by atoms with Gasteiger partial charge in [0, 0.05) is 37.3 Å². The number of aromatic nitrogens is 3. The van der Waals surface area contributed by atoms with Crippen LogP contribution in [0.5, 0.6) is 0 Å². The van der Waals surface area contributed by atoms with Gasteiger partial charge in [-0.3, -0.25) is 14.0 Å². The summed E-state index contributed by atoms with van der Waals surface area (Å²) >= 11 is 0. The van der Waals surface area contributed by atoms with Crippen LogP contribution in [0.1, 0.15) is 5.56 Å². The van der Waals surface area contributed by atoms with Crippen LogP contribution in [0, 0.1) is 0 Å². The molecule has 1 amide bonds. The number of para-hydroxylation sites is 2. The molecule has 0 aliphatic heterocycles. The first-order valence-corrected chi connectivity index (χ1v) is 13.9. The third kappa shape index (κ3) is 7.90. The quantitative estimate of drug-likeness (QED) is 0.190. The fourth-order valence-electron chi connectivity index (χ4n) is 3.11. The van der Waals surface area contributed by atoms with E-state index in [1.54, 1.807) is 65.5 Å². The first-order chi connectivity index (χ1) is 17.3. The second kappa shape index (κ2) is 11.2.